The highest BCUT2D eigenvalue weighted by molar-refractivity contribution is 7.54. The summed E-state index contributed by atoms with van der Waals surface area (Å²) >= 11 is 0. The summed E-state index contributed by atoms with van der Waals surface area (Å²) < 4.78 is 28.8. The van der Waals surface area contributed by atoms with Crippen molar-refractivity contribution in [3.8, 4) is 0 Å². The van der Waals surface area contributed by atoms with Gasteiger partial charge in [0.2, 0.25) is 0 Å². The average Bonchev–Trinajstić information content (AvgIpc) is 2.62. The highest BCUT2D eigenvalue weighted by Gasteiger charge is 2.37. The Hall–Kier alpha value is -2.15. The quantitative estimate of drug-likeness (QED) is 0.491. The lowest BCUT2D eigenvalue weighted by Crippen LogP contribution is -2.46. The fourth-order valence-electron chi connectivity index (χ4n) is 2.80. The van der Waals surface area contributed by atoms with Crippen molar-refractivity contribution in [3.63, 3.8) is 0 Å². The van der Waals surface area contributed by atoms with Crippen LogP contribution in [0.15, 0.2) is 41.6 Å². The Kier molecular flexibility index (Phi) is 7.59. The monoisotopic (exact) mass is 396 g/mol. The second-order valence-electron chi connectivity index (χ2n) is 5.66. The van der Waals surface area contributed by atoms with Crippen molar-refractivity contribution in [2.75, 3.05) is 26.0 Å². The Bertz CT molecular complexity index is 739. The van der Waals surface area contributed by atoms with Crippen molar-refractivity contribution in [2.24, 2.45) is 0 Å². The molecule has 1 aromatic carbocycles. The summed E-state index contributed by atoms with van der Waals surface area (Å²) in [7, 11) is -3.54. The van der Waals surface area contributed by atoms with E-state index >= 15 is 0 Å². The summed E-state index contributed by atoms with van der Waals surface area (Å²) in [6, 6.07) is 7.78. The maximum Gasteiger partial charge on any atom is 0.338 e. The first kappa shape index (κ1) is 21.2. The molecule has 8 nitrogen and oxygen atoms in total. The van der Waals surface area contributed by atoms with E-state index in [-0.39, 0.29) is 37.3 Å². The Balaban J connectivity index is 2.52. The number of carbonyl (C=O) groups is 2. The van der Waals surface area contributed by atoms with E-state index in [1.807, 2.05) is 6.07 Å². The number of rotatable bonds is 9. The minimum Gasteiger partial charge on any atom is -0.463 e. The number of ether oxygens (including phenoxy) is 1. The highest BCUT2D eigenvalue weighted by Crippen LogP contribution is 2.50. The highest BCUT2D eigenvalue weighted by atomic mass is 31.2. The lowest BCUT2D eigenvalue weighted by molar-refractivity contribution is -0.139. The molecule has 0 aromatic heterocycles. The molecule has 1 heterocycles. The molecule has 1 atom stereocenters. The zero-order chi connectivity index (χ0) is 19.9. The van der Waals surface area contributed by atoms with Crippen LogP contribution in [0, 0.1) is 0 Å². The number of benzene rings is 1. The smallest absolute Gasteiger partial charge is 0.338 e. The zero-order valence-corrected chi connectivity index (χ0v) is 16.6. The van der Waals surface area contributed by atoms with Crippen molar-refractivity contribution >= 4 is 19.6 Å². The molecule has 0 bridgehead atoms. The van der Waals surface area contributed by atoms with E-state index in [1.165, 1.54) is 0 Å². The standard InChI is InChI=1S/C18H25N2O6P/c1-4-24-17(21)15-14(12-27(23,25-5-2)26-6-3)19-18(22)20-16(15)13-10-8-7-9-11-13/h7-11,16H,4-6,12H2,1-3H3,(H2,19,20,22). The van der Waals surface area contributed by atoms with Crippen LogP contribution in [0.25, 0.3) is 0 Å². The fraction of sp³-hybridized carbons (Fsp3) is 0.444. The van der Waals surface area contributed by atoms with Crippen LogP contribution in [-0.4, -0.2) is 38.0 Å². The van der Waals surface area contributed by atoms with E-state index in [9.17, 15) is 14.2 Å². The fourth-order valence-corrected chi connectivity index (χ4v) is 4.48. The Morgan fingerprint density at radius 1 is 1.07 bits per heavy atom. The van der Waals surface area contributed by atoms with Crippen LogP contribution in [0.5, 0.6) is 0 Å². The Labute approximate surface area is 158 Å². The van der Waals surface area contributed by atoms with Gasteiger partial charge in [-0.2, -0.15) is 0 Å². The minimum absolute atomic E-state index is 0.166. The van der Waals surface area contributed by atoms with E-state index in [2.05, 4.69) is 10.6 Å². The molecule has 1 aromatic rings. The van der Waals surface area contributed by atoms with Gasteiger partial charge >= 0.3 is 19.6 Å². The molecular formula is C18H25N2O6P. The van der Waals surface area contributed by atoms with Crippen LogP contribution in [0.4, 0.5) is 4.79 Å². The van der Waals surface area contributed by atoms with Crippen molar-refractivity contribution in [2.45, 2.75) is 26.8 Å². The average molecular weight is 396 g/mol. The van der Waals surface area contributed by atoms with E-state index < -0.39 is 25.6 Å². The summed E-state index contributed by atoms with van der Waals surface area (Å²) in [5, 5.41) is 5.30. The van der Waals surface area contributed by atoms with Gasteiger partial charge in [0.15, 0.2) is 0 Å². The maximum absolute atomic E-state index is 13.0. The van der Waals surface area contributed by atoms with Crippen molar-refractivity contribution in [1.29, 1.82) is 0 Å². The van der Waals surface area contributed by atoms with Gasteiger partial charge in [-0.3, -0.25) is 4.57 Å². The molecule has 148 valence electrons. The number of hydrogen-bond acceptors (Lipinski definition) is 6. The van der Waals surface area contributed by atoms with Crippen LogP contribution in [0.2, 0.25) is 0 Å². The molecule has 27 heavy (non-hydrogen) atoms. The molecule has 0 saturated carbocycles. The number of urea groups is 1. The van der Waals surface area contributed by atoms with E-state index in [1.54, 1.807) is 45.0 Å². The zero-order valence-electron chi connectivity index (χ0n) is 15.7. The summed E-state index contributed by atoms with van der Waals surface area (Å²) in [4.78, 5) is 24.9. The molecule has 9 heteroatoms. The molecule has 0 fully saturated rings. The first-order valence-corrected chi connectivity index (χ1v) is 10.6. The van der Waals surface area contributed by atoms with Crippen molar-refractivity contribution in [3.05, 3.63) is 47.2 Å². The Morgan fingerprint density at radius 2 is 1.70 bits per heavy atom. The molecule has 2 N–H and O–H groups in total. The number of amides is 2. The van der Waals surface area contributed by atoms with Crippen LogP contribution >= 0.6 is 7.60 Å². The molecule has 1 unspecified atom stereocenters. The second kappa shape index (κ2) is 9.69. The number of carbonyl (C=O) groups excluding carboxylic acids is 2. The second-order valence-corrected chi connectivity index (χ2v) is 7.71. The first-order chi connectivity index (χ1) is 12.9. The molecule has 2 amide bonds. The summed E-state index contributed by atoms with van der Waals surface area (Å²) in [6.45, 7) is 5.59. The van der Waals surface area contributed by atoms with Crippen LogP contribution in [-0.2, 0) is 23.1 Å². The van der Waals surface area contributed by atoms with Gasteiger partial charge in [0.05, 0.1) is 37.6 Å². The van der Waals surface area contributed by atoms with Gasteiger partial charge in [0, 0.05) is 5.70 Å². The van der Waals surface area contributed by atoms with E-state index in [0.717, 1.165) is 0 Å². The third-order valence-corrected chi connectivity index (χ3v) is 5.79. The Morgan fingerprint density at radius 3 is 2.26 bits per heavy atom. The van der Waals surface area contributed by atoms with Gasteiger partial charge in [0.1, 0.15) is 0 Å². The summed E-state index contributed by atoms with van der Waals surface area (Å²) in [6.07, 6.45) is -0.237. The molecule has 0 aliphatic carbocycles. The van der Waals surface area contributed by atoms with Crippen LogP contribution in [0.3, 0.4) is 0 Å². The van der Waals surface area contributed by atoms with Gasteiger partial charge in [-0.15, -0.1) is 0 Å². The molecule has 2 rings (SSSR count). The normalized spacial score (nSPS) is 17.3. The molecule has 0 spiro atoms. The van der Waals surface area contributed by atoms with Gasteiger partial charge in [-0.25, -0.2) is 9.59 Å². The minimum atomic E-state index is -3.54. The van der Waals surface area contributed by atoms with Crippen molar-refractivity contribution < 1.29 is 27.9 Å². The SMILES string of the molecule is CCOC(=O)C1=C(CP(=O)(OCC)OCC)NC(=O)NC1c1ccccc1. The third kappa shape index (κ3) is 5.42. The molecule has 1 aliphatic rings. The topological polar surface area (TPSA) is 103 Å². The lowest BCUT2D eigenvalue weighted by Gasteiger charge is -2.30. The number of esters is 1. The predicted molar refractivity (Wildman–Crippen MR) is 100 cm³/mol. The molecular weight excluding hydrogens is 371 g/mol. The van der Waals surface area contributed by atoms with Gasteiger partial charge in [-0.1, -0.05) is 30.3 Å². The molecule has 0 saturated heterocycles. The first-order valence-electron chi connectivity index (χ1n) is 8.84. The van der Waals surface area contributed by atoms with Gasteiger partial charge < -0.3 is 24.4 Å². The number of allylic oxidation sites excluding steroid dienone is 1. The number of nitrogens with one attached hydrogen (secondary N) is 2. The van der Waals surface area contributed by atoms with Gasteiger partial charge in [-0.05, 0) is 26.3 Å². The summed E-state index contributed by atoms with van der Waals surface area (Å²) in [5.41, 5.74) is 1.06. The van der Waals surface area contributed by atoms with E-state index in [4.69, 9.17) is 13.8 Å². The van der Waals surface area contributed by atoms with Crippen molar-refractivity contribution in [1.82, 2.24) is 10.6 Å². The van der Waals surface area contributed by atoms with E-state index in [0.29, 0.717) is 5.56 Å². The van der Waals surface area contributed by atoms with Crippen LogP contribution in [0.1, 0.15) is 32.4 Å². The van der Waals surface area contributed by atoms with Crippen LogP contribution < -0.4 is 10.6 Å². The molecule has 0 radical (unpaired) electrons. The number of hydrogen-bond donors (Lipinski definition) is 2. The summed E-state index contributed by atoms with van der Waals surface area (Å²) in [5.74, 6) is -0.603. The van der Waals surface area contributed by atoms with Gasteiger partial charge in [0.25, 0.3) is 0 Å². The largest absolute Gasteiger partial charge is 0.463 e. The maximum atomic E-state index is 13.0. The lowest BCUT2D eigenvalue weighted by atomic mass is 9.95. The predicted octanol–water partition coefficient (Wildman–Crippen LogP) is 3.12. The molecule has 1 aliphatic heterocycles. The third-order valence-electron chi connectivity index (χ3n) is 3.79.